The Hall–Kier alpha value is -2.35. The molecule has 0 bridgehead atoms. The number of anilines is 2. The summed E-state index contributed by atoms with van der Waals surface area (Å²) in [6.45, 7) is 0. The third-order valence-electron chi connectivity index (χ3n) is 3.78. The molecule has 4 rings (SSSR count). The van der Waals surface area contributed by atoms with Crippen LogP contribution in [-0.2, 0) is 4.79 Å². The first-order valence-electron chi connectivity index (χ1n) is 6.64. The Kier molecular flexibility index (Phi) is 2.93. The lowest BCUT2D eigenvalue weighted by atomic mass is 10.0. The van der Waals surface area contributed by atoms with Gasteiger partial charge in [-0.25, -0.2) is 0 Å². The highest BCUT2D eigenvalue weighted by Crippen LogP contribution is 2.40. The number of rotatable bonds is 0. The van der Waals surface area contributed by atoms with E-state index in [1.165, 1.54) is 0 Å². The number of hydrogen-bond donors (Lipinski definition) is 3. The van der Waals surface area contributed by atoms with Gasteiger partial charge in [-0.2, -0.15) is 0 Å². The van der Waals surface area contributed by atoms with Crippen LogP contribution in [0.5, 0.6) is 0 Å². The van der Waals surface area contributed by atoms with Gasteiger partial charge in [0.05, 0.1) is 17.0 Å². The van der Waals surface area contributed by atoms with Crippen molar-refractivity contribution in [2.75, 3.05) is 10.6 Å². The molecule has 22 heavy (non-hydrogen) atoms. The lowest BCUT2D eigenvalue weighted by Crippen LogP contribution is -2.12. The van der Waals surface area contributed by atoms with Crippen LogP contribution in [0.1, 0.15) is 11.1 Å². The number of halogens is 1. The molecule has 3 N–H and O–H groups in total. The van der Waals surface area contributed by atoms with E-state index in [1.807, 2.05) is 42.5 Å². The van der Waals surface area contributed by atoms with Gasteiger partial charge >= 0.3 is 0 Å². The van der Waals surface area contributed by atoms with Crippen molar-refractivity contribution < 1.29 is 10.0 Å². The zero-order valence-electron chi connectivity index (χ0n) is 11.2. The minimum absolute atomic E-state index is 0.199. The van der Waals surface area contributed by atoms with Gasteiger partial charge in [0.2, 0.25) is 0 Å². The van der Waals surface area contributed by atoms with Gasteiger partial charge in [-0.05, 0) is 34.7 Å². The standard InChI is InChI=1S/C16H10IN3O2/c17-10-6-3-5-9-12(16(21)19-13(9)10)15-14(20-22)8-4-1-2-7-11(8)18-15/h1-7,18,22H,(H,19,21)/b15-12-,20-14+. The molecular weight excluding hydrogens is 393 g/mol. The number of para-hydroxylation sites is 2. The van der Waals surface area contributed by atoms with Crippen molar-refractivity contribution in [3.05, 3.63) is 62.9 Å². The van der Waals surface area contributed by atoms with Crippen LogP contribution in [0.2, 0.25) is 0 Å². The van der Waals surface area contributed by atoms with E-state index in [-0.39, 0.29) is 5.91 Å². The van der Waals surface area contributed by atoms with Crippen LogP contribution in [0.25, 0.3) is 5.57 Å². The summed E-state index contributed by atoms with van der Waals surface area (Å²) in [6.07, 6.45) is 0. The number of oxime groups is 1. The van der Waals surface area contributed by atoms with Gasteiger partial charge in [0.25, 0.3) is 5.91 Å². The van der Waals surface area contributed by atoms with Gasteiger partial charge in [-0.1, -0.05) is 35.5 Å². The van der Waals surface area contributed by atoms with E-state index < -0.39 is 0 Å². The predicted molar refractivity (Wildman–Crippen MR) is 93.1 cm³/mol. The fraction of sp³-hybridized carbons (Fsp3) is 0. The number of nitrogens with zero attached hydrogens (tertiary/aromatic N) is 1. The molecule has 0 aliphatic carbocycles. The molecule has 2 heterocycles. The van der Waals surface area contributed by atoms with Crippen molar-refractivity contribution in [3.63, 3.8) is 0 Å². The van der Waals surface area contributed by atoms with Crippen LogP contribution in [0.15, 0.2) is 53.3 Å². The molecule has 5 nitrogen and oxygen atoms in total. The van der Waals surface area contributed by atoms with Crippen LogP contribution in [-0.4, -0.2) is 16.8 Å². The highest BCUT2D eigenvalue weighted by molar-refractivity contribution is 14.1. The molecule has 1 amide bonds. The fourth-order valence-corrected chi connectivity index (χ4v) is 3.45. The number of amides is 1. The topological polar surface area (TPSA) is 73.7 Å². The Bertz CT molecular complexity index is 887. The van der Waals surface area contributed by atoms with Gasteiger partial charge in [0.1, 0.15) is 5.71 Å². The zero-order valence-corrected chi connectivity index (χ0v) is 13.4. The third kappa shape index (κ3) is 1.77. The number of benzene rings is 2. The Morgan fingerprint density at radius 1 is 1.00 bits per heavy atom. The summed E-state index contributed by atoms with van der Waals surface area (Å²) in [5, 5.41) is 18.9. The third-order valence-corrected chi connectivity index (χ3v) is 4.68. The lowest BCUT2D eigenvalue weighted by molar-refractivity contribution is -0.110. The molecule has 2 aliphatic rings. The van der Waals surface area contributed by atoms with E-state index in [0.29, 0.717) is 17.0 Å². The Morgan fingerprint density at radius 2 is 1.77 bits per heavy atom. The molecule has 108 valence electrons. The summed E-state index contributed by atoms with van der Waals surface area (Å²) in [7, 11) is 0. The first-order chi connectivity index (χ1) is 10.7. The smallest absolute Gasteiger partial charge is 0.258 e. The van der Waals surface area contributed by atoms with E-state index in [9.17, 15) is 10.0 Å². The number of carbonyl (C=O) groups excluding carboxylic acids is 1. The normalized spacial score (nSPS) is 20.6. The minimum Gasteiger partial charge on any atom is -0.410 e. The quantitative estimate of drug-likeness (QED) is 0.274. The Morgan fingerprint density at radius 3 is 2.59 bits per heavy atom. The molecule has 0 saturated heterocycles. The molecule has 0 aromatic heterocycles. The highest BCUT2D eigenvalue weighted by Gasteiger charge is 2.34. The molecule has 0 saturated carbocycles. The first-order valence-corrected chi connectivity index (χ1v) is 7.72. The summed E-state index contributed by atoms with van der Waals surface area (Å²) in [5.41, 5.74) is 4.62. The lowest BCUT2D eigenvalue weighted by Gasteiger charge is -2.05. The maximum Gasteiger partial charge on any atom is 0.258 e. The summed E-state index contributed by atoms with van der Waals surface area (Å²) in [6, 6.07) is 13.2. The van der Waals surface area contributed by atoms with Crippen molar-refractivity contribution >= 4 is 51.2 Å². The number of carbonyl (C=O) groups is 1. The largest absolute Gasteiger partial charge is 0.410 e. The highest BCUT2D eigenvalue weighted by atomic mass is 127. The minimum atomic E-state index is -0.199. The van der Waals surface area contributed by atoms with Gasteiger partial charge in [-0.3, -0.25) is 4.79 Å². The average molecular weight is 403 g/mol. The number of nitrogens with one attached hydrogen (secondary N) is 2. The van der Waals surface area contributed by atoms with E-state index in [4.69, 9.17) is 0 Å². The number of allylic oxidation sites excluding steroid dienone is 1. The monoisotopic (exact) mass is 403 g/mol. The number of fused-ring (bicyclic) bond motifs is 2. The summed E-state index contributed by atoms with van der Waals surface area (Å²) >= 11 is 2.19. The summed E-state index contributed by atoms with van der Waals surface area (Å²) in [5.74, 6) is -0.199. The molecule has 2 aliphatic heterocycles. The summed E-state index contributed by atoms with van der Waals surface area (Å²) in [4.78, 5) is 12.4. The van der Waals surface area contributed by atoms with Crippen molar-refractivity contribution in [2.24, 2.45) is 5.16 Å². The molecule has 0 fully saturated rings. The maximum atomic E-state index is 12.4. The molecule has 0 unspecified atom stereocenters. The molecule has 2 aromatic rings. The van der Waals surface area contributed by atoms with Crippen LogP contribution < -0.4 is 10.6 Å². The Labute approximate surface area is 139 Å². The van der Waals surface area contributed by atoms with Crippen molar-refractivity contribution in [1.29, 1.82) is 0 Å². The van der Waals surface area contributed by atoms with E-state index in [1.54, 1.807) is 0 Å². The number of hydrogen-bond acceptors (Lipinski definition) is 4. The average Bonchev–Trinajstić information content (AvgIpc) is 3.04. The van der Waals surface area contributed by atoms with Gasteiger partial charge < -0.3 is 15.8 Å². The van der Waals surface area contributed by atoms with Crippen molar-refractivity contribution in [1.82, 2.24) is 0 Å². The molecule has 2 aromatic carbocycles. The second-order valence-corrected chi connectivity index (χ2v) is 6.15. The maximum absolute atomic E-state index is 12.4. The van der Waals surface area contributed by atoms with Crippen LogP contribution in [0.4, 0.5) is 11.4 Å². The molecule has 0 spiro atoms. The molecular formula is C16H10IN3O2. The van der Waals surface area contributed by atoms with Crippen molar-refractivity contribution in [3.8, 4) is 0 Å². The van der Waals surface area contributed by atoms with Gasteiger partial charge in [0.15, 0.2) is 0 Å². The van der Waals surface area contributed by atoms with Gasteiger partial charge in [0, 0.05) is 20.4 Å². The van der Waals surface area contributed by atoms with Crippen LogP contribution >= 0.6 is 22.6 Å². The molecule has 0 radical (unpaired) electrons. The predicted octanol–water partition coefficient (Wildman–Crippen LogP) is 3.26. The molecule has 6 heteroatoms. The SMILES string of the molecule is O=C1Nc2c(I)cccc2/C1=C1/Nc2ccccc2/C1=N\O. The second-order valence-electron chi connectivity index (χ2n) is 4.99. The second kappa shape index (κ2) is 4.84. The Balaban J connectivity index is 1.98. The fourth-order valence-electron chi connectivity index (χ4n) is 2.82. The first kappa shape index (κ1) is 13.3. The van der Waals surface area contributed by atoms with E-state index in [2.05, 4.69) is 38.4 Å². The molecule has 0 atom stereocenters. The van der Waals surface area contributed by atoms with Crippen molar-refractivity contribution in [2.45, 2.75) is 0 Å². The van der Waals surface area contributed by atoms with Gasteiger partial charge in [-0.15, -0.1) is 0 Å². The summed E-state index contributed by atoms with van der Waals surface area (Å²) < 4.78 is 0.969. The van der Waals surface area contributed by atoms with Crippen LogP contribution in [0.3, 0.4) is 0 Å². The zero-order chi connectivity index (χ0) is 15.3. The van der Waals surface area contributed by atoms with E-state index >= 15 is 0 Å². The van der Waals surface area contributed by atoms with Crippen LogP contribution in [0, 0.1) is 3.57 Å². The van der Waals surface area contributed by atoms with E-state index in [0.717, 1.165) is 26.1 Å².